The predicted molar refractivity (Wildman–Crippen MR) is 97.6 cm³/mol. The first-order valence-corrected chi connectivity index (χ1v) is 9.38. The highest BCUT2D eigenvalue weighted by Crippen LogP contribution is 2.36. The van der Waals surface area contributed by atoms with Crippen molar-refractivity contribution in [2.75, 3.05) is 18.4 Å². The molecular weight excluding hydrogens is 330 g/mol. The number of rotatable bonds is 3. The number of para-hydroxylation sites is 1. The van der Waals surface area contributed by atoms with Crippen molar-refractivity contribution in [1.82, 2.24) is 15.0 Å². The molecule has 138 valence electrons. The van der Waals surface area contributed by atoms with Gasteiger partial charge in [-0.3, -0.25) is 0 Å². The lowest BCUT2D eigenvalue weighted by atomic mass is 9.97. The van der Waals surface area contributed by atoms with E-state index in [1.54, 1.807) is 0 Å². The third kappa shape index (κ3) is 3.44. The molecule has 2 aliphatic rings. The maximum atomic E-state index is 12.5. The van der Waals surface area contributed by atoms with Crippen molar-refractivity contribution < 1.29 is 9.32 Å². The van der Waals surface area contributed by atoms with Gasteiger partial charge in [0.05, 0.1) is 11.5 Å². The number of anilines is 1. The first-order valence-electron chi connectivity index (χ1n) is 9.38. The van der Waals surface area contributed by atoms with Gasteiger partial charge in [-0.2, -0.15) is 4.98 Å². The van der Waals surface area contributed by atoms with Crippen molar-refractivity contribution in [3.8, 4) is 0 Å². The highest BCUT2D eigenvalue weighted by molar-refractivity contribution is 5.89. The first kappa shape index (κ1) is 17.0. The second-order valence-electron chi connectivity index (χ2n) is 7.40. The summed E-state index contributed by atoms with van der Waals surface area (Å²) in [5, 5.41) is 7.09. The number of hydrogen-bond acceptors (Lipinski definition) is 5. The van der Waals surface area contributed by atoms with Gasteiger partial charge < -0.3 is 20.5 Å². The number of carbonyl (C=O) groups is 1. The number of carbonyl (C=O) groups excluding carboxylic acids is 1. The van der Waals surface area contributed by atoms with Crippen molar-refractivity contribution in [3.05, 3.63) is 42.0 Å². The number of nitrogens with two attached hydrogens (primary N) is 1. The molecular formula is C19H25N5O2. The first-order chi connectivity index (χ1) is 12.6. The zero-order valence-electron chi connectivity index (χ0n) is 14.9. The molecule has 26 heavy (non-hydrogen) atoms. The number of hydrogen-bond donors (Lipinski definition) is 2. The molecule has 3 N–H and O–H groups in total. The predicted octanol–water partition coefficient (Wildman–Crippen LogP) is 3.21. The molecule has 1 unspecified atom stereocenters. The van der Waals surface area contributed by atoms with Crippen LogP contribution in [0.3, 0.4) is 0 Å². The maximum absolute atomic E-state index is 12.5. The minimum absolute atomic E-state index is 0.0662. The third-order valence-corrected chi connectivity index (χ3v) is 5.47. The molecule has 1 aromatic carbocycles. The molecule has 1 aromatic heterocycles. The lowest BCUT2D eigenvalue weighted by molar-refractivity contribution is 0.184. The Labute approximate surface area is 152 Å². The van der Waals surface area contributed by atoms with Gasteiger partial charge in [-0.25, -0.2) is 4.79 Å². The molecule has 7 heteroatoms. The molecule has 1 saturated carbocycles. The van der Waals surface area contributed by atoms with Gasteiger partial charge in [0, 0.05) is 18.8 Å². The summed E-state index contributed by atoms with van der Waals surface area (Å²) in [4.78, 5) is 19.0. The summed E-state index contributed by atoms with van der Waals surface area (Å²) >= 11 is 0. The summed E-state index contributed by atoms with van der Waals surface area (Å²) in [5.41, 5.74) is 6.78. The molecule has 2 aromatic rings. The molecule has 2 fully saturated rings. The molecule has 0 bridgehead atoms. The Morgan fingerprint density at radius 1 is 1.23 bits per heavy atom. The van der Waals surface area contributed by atoms with E-state index in [0.29, 0.717) is 18.3 Å². The van der Waals surface area contributed by atoms with Gasteiger partial charge in [-0.05, 0) is 37.8 Å². The van der Waals surface area contributed by atoms with Crippen LogP contribution in [0, 0.1) is 0 Å². The average Bonchev–Trinajstić information content (AvgIpc) is 3.33. The van der Waals surface area contributed by atoms with Gasteiger partial charge in [0.1, 0.15) is 0 Å². The van der Waals surface area contributed by atoms with Crippen molar-refractivity contribution in [3.63, 3.8) is 0 Å². The number of nitrogens with zero attached hydrogens (tertiary/aromatic N) is 3. The SMILES string of the molecule is NC1(c2noc(C3CCCN(C(=O)Nc4ccccc4)C3)n2)CCCC1. The van der Waals surface area contributed by atoms with Crippen LogP contribution in [0.5, 0.6) is 0 Å². The van der Waals surface area contributed by atoms with E-state index in [0.717, 1.165) is 50.8 Å². The zero-order chi connectivity index (χ0) is 18.0. The fourth-order valence-corrected chi connectivity index (χ4v) is 3.92. The second kappa shape index (κ2) is 7.07. The van der Waals surface area contributed by atoms with E-state index in [4.69, 9.17) is 10.3 Å². The summed E-state index contributed by atoms with van der Waals surface area (Å²) in [6.07, 6.45) is 5.88. The summed E-state index contributed by atoms with van der Waals surface area (Å²) in [6, 6.07) is 9.40. The van der Waals surface area contributed by atoms with Crippen molar-refractivity contribution >= 4 is 11.7 Å². The fourth-order valence-electron chi connectivity index (χ4n) is 3.92. The van der Waals surface area contributed by atoms with E-state index >= 15 is 0 Å². The molecule has 7 nitrogen and oxygen atoms in total. The van der Waals surface area contributed by atoms with Gasteiger partial charge in [0.15, 0.2) is 5.82 Å². The lowest BCUT2D eigenvalue weighted by Crippen LogP contribution is -2.41. The van der Waals surface area contributed by atoms with E-state index in [2.05, 4.69) is 15.5 Å². The summed E-state index contributed by atoms with van der Waals surface area (Å²) in [5.74, 6) is 1.29. The summed E-state index contributed by atoms with van der Waals surface area (Å²) < 4.78 is 5.53. The van der Waals surface area contributed by atoms with E-state index < -0.39 is 5.54 Å². The molecule has 0 radical (unpaired) electrons. The Kier molecular flexibility index (Phi) is 4.63. The number of likely N-dealkylation sites (tertiary alicyclic amines) is 1. The van der Waals surface area contributed by atoms with Gasteiger partial charge >= 0.3 is 6.03 Å². The van der Waals surface area contributed by atoms with Crippen molar-refractivity contribution in [1.29, 1.82) is 0 Å². The van der Waals surface area contributed by atoms with Gasteiger partial charge in [0.2, 0.25) is 5.89 Å². The molecule has 1 aliphatic heterocycles. The highest BCUT2D eigenvalue weighted by Gasteiger charge is 2.37. The Morgan fingerprint density at radius 2 is 2.00 bits per heavy atom. The normalized spacial score (nSPS) is 22.3. The Balaban J connectivity index is 1.42. The van der Waals surface area contributed by atoms with Crippen LogP contribution < -0.4 is 11.1 Å². The van der Waals surface area contributed by atoms with Crippen molar-refractivity contribution in [2.45, 2.75) is 50.0 Å². The van der Waals surface area contributed by atoms with Crippen LogP contribution in [0.4, 0.5) is 10.5 Å². The Hall–Kier alpha value is -2.41. The number of nitrogens with one attached hydrogen (secondary N) is 1. The molecule has 1 saturated heterocycles. The molecule has 1 atom stereocenters. The number of benzene rings is 1. The molecule has 0 spiro atoms. The number of amides is 2. The van der Waals surface area contributed by atoms with Gasteiger partial charge in [-0.1, -0.05) is 36.2 Å². The van der Waals surface area contributed by atoms with Crippen LogP contribution in [0.25, 0.3) is 0 Å². The monoisotopic (exact) mass is 355 g/mol. The minimum Gasteiger partial charge on any atom is -0.339 e. The largest absolute Gasteiger partial charge is 0.339 e. The van der Waals surface area contributed by atoms with E-state index in [1.165, 1.54) is 0 Å². The maximum Gasteiger partial charge on any atom is 0.321 e. The topological polar surface area (TPSA) is 97.3 Å². The van der Waals surface area contributed by atoms with Crippen molar-refractivity contribution in [2.24, 2.45) is 5.73 Å². The van der Waals surface area contributed by atoms with E-state index in [-0.39, 0.29) is 11.9 Å². The molecule has 2 amide bonds. The van der Waals surface area contributed by atoms with Crippen LogP contribution in [-0.2, 0) is 5.54 Å². The number of aromatic nitrogens is 2. The standard InChI is InChI=1S/C19H25N5O2/c20-19(10-4-5-11-19)17-22-16(26-23-17)14-7-6-12-24(13-14)18(25)21-15-8-2-1-3-9-15/h1-3,8-9,14H,4-7,10-13,20H2,(H,21,25). The van der Waals surface area contributed by atoms with Crippen LogP contribution in [0.15, 0.2) is 34.9 Å². The molecule has 4 rings (SSSR count). The fraction of sp³-hybridized carbons (Fsp3) is 0.526. The Bertz CT molecular complexity index is 754. The minimum atomic E-state index is -0.444. The highest BCUT2D eigenvalue weighted by atomic mass is 16.5. The quantitative estimate of drug-likeness (QED) is 0.881. The van der Waals surface area contributed by atoms with Crippen LogP contribution in [-0.4, -0.2) is 34.2 Å². The van der Waals surface area contributed by atoms with E-state index in [9.17, 15) is 4.79 Å². The molecule has 1 aliphatic carbocycles. The number of piperidine rings is 1. The average molecular weight is 355 g/mol. The summed E-state index contributed by atoms with van der Waals surface area (Å²) in [6.45, 7) is 1.31. The van der Waals surface area contributed by atoms with Gasteiger partial charge in [-0.15, -0.1) is 0 Å². The van der Waals surface area contributed by atoms with Gasteiger partial charge in [0.25, 0.3) is 0 Å². The number of urea groups is 1. The lowest BCUT2D eigenvalue weighted by Gasteiger charge is -2.31. The second-order valence-corrected chi connectivity index (χ2v) is 7.40. The smallest absolute Gasteiger partial charge is 0.321 e. The van der Waals surface area contributed by atoms with Crippen LogP contribution >= 0.6 is 0 Å². The third-order valence-electron chi connectivity index (χ3n) is 5.47. The van der Waals surface area contributed by atoms with Crippen LogP contribution in [0.1, 0.15) is 56.2 Å². The summed E-state index contributed by atoms with van der Waals surface area (Å²) in [7, 11) is 0. The van der Waals surface area contributed by atoms with Crippen LogP contribution in [0.2, 0.25) is 0 Å². The zero-order valence-corrected chi connectivity index (χ0v) is 14.9. The van der Waals surface area contributed by atoms with E-state index in [1.807, 2.05) is 35.2 Å². The Morgan fingerprint density at radius 3 is 2.77 bits per heavy atom. The molecule has 2 heterocycles.